The Hall–Kier alpha value is -3.47. The van der Waals surface area contributed by atoms with Gasteiger partial charge in [0.05, 0.1) is 13.5 Å². The van der Waals surface area contributed by atoms with E-state index in [2.05, 4.69) is 0 Å². The number of carbonyl (C=O) groups is 2. The summed E-state index contributed by atoms with van der Waals surface area (Å²) in [6.45, 7) is 0.497. The van der Waals surface area contributed by atoms with Crippen molar-refractivity contribution in [2.24, 2.45) is 0 Å². The second-order valence-corrected chi connectivity index (χ2v) is 6.38. The van der Waals surface area contributed by atoms with Gasteiger partial charge in [0.2, 0.25) is 0 Å². The first kappa shape index (κ1) is 19.3. The predicted molar refractivity (Wildman–Crippen MR) is 106 cm³/mol. The van der Waals surface area contributed by atoms with Gasteiger partial charge in [-0.15, -0.1) is 0 Å². The number of benzene rings is 2. The third-order valence-electron chi connectivity index (χ3n) is 4.41. The maximum absolute atomic E-state index is 12.6. The molecule has 0 N–H and O–H groups in total. The summed E-state index contributed by atoms with van der Waals surface area (Å²) < 4.78 is 12.5. The van der Waals surface area contributed by atoms with Crippen LogP contribution in [0.5, 0.6) is 5.75 Å². The minimum Gasteiger partial charge on any atom is -0.490 e. The van der Waals surface area contributed by atoms with E-state index in [4.69, 9.17) is 9.47 Å². The zero-order valence-corrected chi connectivity index (χ0v) is 15.9. The minimum atomic E-state index is -0.160. The van der Waals surface area contributed by atoms with Crippen molar-refractivity contribution in [3.05, 3.63) is 89.7 Å². The number of likely N-dealkylation sites (N-methyl/N-ethyl adjacent to an activating group) is 1. The lowest BCUT2D eigenvalue weighted by Crippen LogP contribution is -2.28. The van der Waals surface area contributed by atoms with E-state index >= 15 is 0 Å². The Morgan fingerprint density at radius 1 is 0.964 bits per heavy atom. The average molecular weight is 376 g/mol. The molecule has 0 aliphatic heterocycles. The summed E-state index contributed by atoms with van der Waals surface area (Å²) in [5, 5.41) is 0. The van der Waals surface area contributed by atoms with Gasteiger partial charge in [0.25, 0.3) is 5.71 Å². The average Bonchev–Trinajstić information content (AvgIpc) is 2.73. The first-order valence-corrected chi connectivity index (χ1v) is 8.94. The first-order chi connectivity index (χ1) is 13.6. The van der Waals surface area contributed by atoms with E-state index in [1.54, 1.807) is 13.1 Å². The molecule has 0 heterocycles. The van der Waals surface area contributed by atoms with Crippen molar-refractivity contribution in [3.63, 3.8) is 0 Å². The topological polar surface area (TPSA) is 55.6 Å². The van der Waals surface area contributed by atoms with E-state index in [0.29, 0.717) is 18.1 Å². The molecule has 0 atom stereocenters. The molecule has 142 valence electrons. The number of carbonyl (C=O) groups excluding carboxylic acids is 2. The number of hydrogen-bond acceptors (Lipinski definition) is 4. The largest absolute Gasteiger partial charge is 0.490 e. The number of methoxy groups -OCH3 is 1. The van der Waals surface area contributed by atoms with Crippen LogP contribution in [0, 0.1) is 0 Å². The molecule has 0 bridgehead atoms. The Morgan fingerprint density at radius 2 is 1.68 bits per heavy atom. The molecule has 0 saturated heterocycles. The van der Waals surface area contributed by atoms with Crippen LogP contribution >= 0.6 is 0 Å². The number of ketones is 1. The van der Waals surface area contributed by atoms with Crippen molar-refractivity contribution in [3.8, 4) is 5.75 Å². The van der Waals surface area contributed by atoms with Crippen molar-refractivity contribution < 1.29 is 23.6 Å². The van der Waals surface area contributed by atoms with Gasteiger partial charge in [-0.3, -0.25) is 4.79 Å². The van der Waals surface area contributed by atoms with Crippen LogP contribution in [0.2, 0.25) is 0 Å². The van der Waals surface area contributed by atoms with Crippen LogP contribution in [-0.2, 0) is 27.4 Å². The van der Waals surface area contributed by atoms with Crippen LogP contribution in [0.1, 0.15) is 11.1 Å². The van der Waals surface area contributed by atoms with Gasteiger partial charge in [0.15, 0.2) is 11.5 Å². The number of hydrogen-bond donors (Lipinski definition) is 0. The lowest BCUT2D eigenvalue weighted by molar-refractivity contribution is -0.418. The van der Waals surface area contributed by atoms with Gasteiger partial charge in [0, 0.05) is 12.2 Å². The van der Waals surface area contributed by atoms with Gasteiger partial charge in [-0.2, -0.15) is 4.58 Å². The monoisotopic (exact) mass is 376 g/mol. The highest BCUT2D eigenvalue weighted by Crippen LogP contribution is 2.15. The van der Waals surface area contributed by atoms with E-state index in [-0.39, 0.29) is 18.1 Å². The number of allylic oxidation sites excluding steroid dienone is 3. The van der Waals surface area contributed by atoms with Crippen LogP contribution in [0.3, 0.4) is 0 Å². The fourth-order valence-electron chi connectivity index (χ4n) is 2.81. The molecule has 28 heavy (non-hydrogen) atoms. The smallest absolute Gasteiger partial charge is 0.391 e. The Labute approximate surface area is 164 Å². The highest BCUT2D eigenvalue weighted by molar-refractivity contribution is 6.17. The Kier molecular flexibility index (Phi) is 6.17. The summed E-state index contributed by atoms with van der Waals surface area (Å²) in [7, 11) is 3.15. The van der Waals surface area contributed by atoms with Crippen molar-refractivity contribution in [2.75, 3.05) is 14.2 Å². The molecule has 0 saturated carbocycles. The second kappa shape index (κ2) is 8.95. The molecule has 0 fully saturated rings. The molecule has 2 aromatic rings. The van der Waals surface area contributed by atoms with Gasteiger partial charge in [0.1, 0.15) is 19.4 Å². The van der Waals surface area contributed by atoms with Crippen molar-refractivity contribution in [1.29, 1.82) is 0 Å². The molecular weight excluding hydrogens is 354 g/mol. The Balaban J connectivity index is 1.64. The quantitative estimate of drug-likeness (QED) is 0.574. The molecule has 0 aromatic heterocycles. The normalized spacial score (nSPS) is 15.1. The Bertz CT molecular complexity index is 954. The van der Waals surface area contributed by atoms with Gasteiger partial charge in [-0.1, -0.05) is 42.5 Å². The lowest BCUT2D eigenvalue weighted by atomic mass is 10.1. The maximum atomic E-state index is 12.6. The number of amides is 1. The van der Waals surface area contributed by atoms with E-state index < -0.39 is 0 Å². The third kappa shape index (κ3) is 4.82. The van der Waals surface area contributed by atoms with Gasteiger partial charge in [-0.05, 0) is 29.3 Å². The van der Waals surface area contributed by atoms with Crippen LogP contribution in [-0.4, -0.2) is 36.1 Å². The molecule has 1 aliphatic carbocycles. The van der Waals surface area contributed by atoms with Crippen LogP contribution in [0.25, 0.3) is 0 Å². The summed E-state index contributed by atoms with van der Waals surface area (Å²) in [5.41, 5.74) is 2.54. The number of nitrogens with zero attached hydrogens (tertiary/aromatic N) is 1. The van der Waals surface area contributed by atoms with Crippen LogP contribution in [0.4, 0.5) is 0 Å². The highest BCUT2D eigenvalue weighted by atomic mass is 16.5. The van der Waals surface area contributed by atoms with Crippen molar-refractivity contribution in [1.82, 2.24) is 0 Å². The third-order valence-corrected chi connectivity index (χ3v) is 4.41. The maximum Gasteiger partial charge on any atom is 0.391 e. The Morgan fingerprint density at radius 3 is 2.36 bits per heavy atom. The predicted octanol–water partition coefficient (Wildman–Crippen LogP) is 3.09. The fourth-order valence-corrected chi connectivity index (χ4v) is 2.81. The minimum absolute atomic E-state index is 0.102. The van der Waals surface area contributed by atoms with E-state index in [1.165, 1.54) is 23.8 Å². The summed E-state index contributed by atoms with van der Waals surface area (Å²) in [6.07, 6.45) is 4.62. The zero-order chi connectivity index (χ0) is 19.9. The molecule has 0 unspecified atom stereocenters. The molecule has 5 nitrogen and oxygen atoms in total. The zero-order valence-electron chi connectivity index (χ0n) is 15.9. The molecule has 0 spiro atoms. The number of ether oxygens (including phenoxy) is 2. The SMILES string of the molecule is COC1=CC(=O)C=CC1=[N+](C)C(=O)Cc1ccc(OCc2ccccc2)cc1. The van der Waals surface area contributed by atoms with Crippen LogP contribution < -0.4 is 4.74 Å². The van der Waals surface area contributed by atoms with Crippen molar-refractivity contribution in [2.45, 2.75) is 13.0 Å². The van der Waals surface area contributed by atoms with Gasteiger partial charge >= 0.3 is 5.91 Å². The molecule has 2 aromatic carbocycles. The molecular formula is C23H22NO4+. The van der Waals surface area contributed by atoms with E-state index in [9.17, 15) is 9.59 Å². The molecule has 1 amide bonds. The molecule has 0 radical (unpaired) electrons. The number of rotatable bonds is 6. The van der Waals surface area contributed by atoms with Crippen molar-refractivity contribution >= 4 is 17.4 Å². The first-order valence-electron chi connectivity index (χ1n) is 8.94. The van der Waals surface area contributed by atoms with Gasteiger partial charge < -0.3 is 9.47 Å². The fraction of sp³-hybridized carbons (Fsp3) is 0.174. The van der Waals surface area contributed by atoms with E-state index in [0.717, 1.165) is 16.9 Å². The lowest BCUT2D eigenvalue weighted by Gasteiger charge is -2.09. The highest BCUT2D eigenvalue weighted by Gasteiger charge is 2.25. The summed E-state index contributed by atoms with van der Waals surface area (Å²) in [6, 6.07) is 17.4. The summed E-state index contributed by atoms with van der Waals surface area (Å²) >= 11 is 0. The standard InChI is InChI=1S/C23H22NO4/c1-24(21-13-10-19(25)15-22(21)27-2)23(26)14-17-8-11-20(12-9-17)28-16-18-6-4-3-5-7-18/h3-13,15H,14,16H2,1-2H3/q+1. The molecule has 3 rings (SSSR count). The van der Waals surface area contributed by atoms with Crippen LogP contribution in [0.15, 0.2) is 78.6 Å². The summed E-state index contributed by atoms with van der Waals surface area (Å²) in [4.78, 5) is 24.1. The summed E-state index contributed by atoms with van der Waals surface area (Å²) in [5.74, 6) is 0.872. The molecule has 5 heteroatoms. The van der Waals surface area contributed by atoms with E-state index in [1.807, 2.05) is 54.6 Å². The molecule has 1 aliphatic rings. The second-order valence-electron chi connectivity index (χ2n) is 6.38. The van der Waals surface area contributed by atoms with Gasteiger partial charge in [-0.25, -0.2) is 4.79 Å².